The second-order valence-corrected chi connectivity index (χ2v) is 8.60. The SMILES string of the molecule is CCN(C(=O)CSc1nnc(N2CCCC2)n1-c1ccc(C)cc1)C1=CCCC1. The van der Waals surface area contributed by atoms with Crippen molar-refractivity contribution in [3.63, 3.8) is 0 Å². The molecule has 2 aliphatic rings. The molecule has 29 heavy (non-hydrogen) atoms. The van der Waals surface area contributed by atoms with E-state index in [4.69, 9.17) is 0 Å². The van der Waals surface area contributed by atoms with Gasteiger partial charge in [0.1, 0.15) is 0 Å². The Morgan fingerprint density at radius 2 is 1.90 bits per heavy atom. The first-order valence-electron chi connectivity index (χ1n) is 10.6. The summed E-state index contributed by atoms with van der Waals surface area (Å²) in [6.45, 7) is 6.86. The van der Waals surface area contributed by atoms with Gasteiger partial charge >= 0.3 is 0 Å². The summed E-state index contributed by atoms with van der Waals surface area (Å²) in [7, 11) is 0. The summed E-state index contributed by atoms with van der Waals surface area (Å²) in [6, 6.07) is 8.42. The van der Waals surface area contributed by atoms with Gasteiger partial charge in [-0.25, -0.2) is 0 Å². The molecule has 1 aromatic heterocycles. The Morgan fingerprint density at radius 1 is 1.14 bits per heavy atom. The number of thioether (sulfide) groups is 1. The topological polar surface area (TPSA) is 54.3 Å². The standard InChI is InChI=1S/C22H29N5OS/c1-3-26(18-8-4-5-9-18)20(28)16-29-22-24-23-21(25-14-6-7-15-25)27(22)19-12-10-17(2)11-13-19/h8,10-13H,3-7,9,14-16H2,1-2H3. The monoisotopic (exact) mass is 411 g/mol. The average molecular weight is 412 g/mol. The first-order chi connectivity index (χ1) is 14.2. The number of aromatic nitrogens is 3. The largest absolute Gasteiger partial charge is 0.341 e. The average Bonchev–Trinajstić information content (AvgIpc) is 3.48. The van der Waals surface area contributed by atoms with Gasteiger partial charge in [0, 0.05) is 25.3 Å². The molecule has 0 radical (unpaired) electrons. The molecule has 1 saturated heterocycles. The van der Waals surface area contributed by atoms with Gasteiger partial charge < -0.3 is 9.80 Å². The third-order valence-electron chi connectivity index (χ3n) is 5.60. The second-order valence-electron chi connectivity index (χ2n) is 7.66. The first-order valence-corrected chi connectivity index (χ1v) is 11.6. The Bertz CT molecular complexity index is 883. The normalized spacial score (nSPS) is 16.3. The van der Waals surface area contributed by atoms with Crippen molar-refractivity contribution in [3.05, 3.63) is 41.6 Å². The number of hydrogen-bond donors (Lipinski definition) is 0. The molecule has 0 saturated carbocycles. The van der Waals surface area contributed by atoms with E-state index in [9.17, 15) is 4.79 Å². The molecule has 1 aromatic carbocycles. The molecule has 154 valence electrons. The number of aryl methyl sites for hydroxylation is 1. The number of amides is 1. The van der Waals surface area contributed by atoms with Gasteiger partial charge in [0.05, 0.1) is 11.4 Å². The van der Waals surface area contributed by atoms with Crippen molar-refractivity contribution >= 4 is 23.6 Å². The molecule has 0 N–H and O–H groups in total. The fourth-order valence-corrected chi connectivity index (χ4v) is 4.86. The predicted octanol–water partition coefficient (Wildman–Crippen LogP) is 4.18. The van der Waals surface area contributed by atoms with Gasteiger partial charge in [-0.05, 0) is 58.1 Å². The predicted molar refractivity (Wildman–Crippen MR) is 118 cm³/mol. The zero-order chi connectivity index (χ0) is 20.2. The van der Waals surface area contributed by atoms with Crippen molar-refractivity contribution in [3.8, 4) is 5.69 Å². The minimum absolute atomic E-state index is 0.145. The van der Waals surface area contributed by atoms with Crippen molar-refractivity contribution in [2.45, 2.75) is 51.1 Å². The number of allylic oxidation sites excluding steroid dienone is 2. The molecule has 6 nitrogen and oxygen atoms in total. The molecule has 0 atom stereocenters. The lowest BCUT2D eigenvalue weighted by atomic mass is 10.2. The van der Waals surface area contributed by atoms with Crippen LogP contribution >= 0.6 is 11.8 Å². The Morgan fingerprint density at radius 3 is 2.55 bits per heavy atom. The summed E-state index contributed by atoms with van der Waals surface area (Å²) >= 11 is 1.48. The molecule has 1 aliphatic heterocycles. The van der Waals surface area contributed by atoms with E-state index >= 15 is 0 Å². The number of nitrogens with zero attached hydrogens (tertiary/aromatic N) is 5. The number of hydrogen-bond acceptors (Lipinski definition) is 5. The van der Waals surface area contributed by atoms with E-state index in [2.05, 4.69) is 56.9 Å². The van der Waals surface area contributed by atoms with Crippen LogP contribution < -0.4 is 4.90 Å². The molecule has 0 unspecified atom stereocenters. The Kier molecular flexibility index (Phi) is 6.23. The quantitative estimate of drug-likeness (QED) is 0.640. The van der Waals surface area contributed by atoms with Gasteiger partial charge in [-0.1, -0.05) is 35.5 Å². The summed E-state index contributed by atoms with van der Waals surface area (Å²) in [5, 5.41) is 9.74. The molecule has 0 spiro atoms. The maximum absolute atomic E-state index is 12.9. The second kappa shape index (κ2) is 9.03. The highest BCUT2D eigenvalue weighted by atomic mass is 32.2. The minimum atomic E-state index is 0.145. The molecule has 7 heteroatoms. The number of carbonyl (C=O) groups excluding carboxylic acids is 1. The molecule has 1 amide bonds. The first kappa shape index (κ1) is 20.0. The van der Waals surface area contributed by atoms with E-state index in [1.807, 2.05) is 11.8 Å². The third-order valence-corrected chi connectivity index (χ3v) is 6.52. The smallest absolute Gasteiger partial charge is 0.237 e. The van der Waals surface area contributed by atoms with Crippen LogP contribution in [0.2, 0.25) is 0 Å². The van der Waals surface area contributed by atoms with Crippen LogP contribution in [0.25, 0.3) is 5.69 Å². The van der Waals surface area contributed by atoms with Crippen molar-refractivity contribution in [1.82, 2.24) is 19.7 Å². The molecule has 4 rings (SSSR count). The van der Waals surface area contributed by atoms with E-state index < -0.39 is 0 Å². The maximum atomic E-state index is 12.9. The summed E-state index contributed by atoms with van der Waals surface area (Å²) < 4.78 is 2.10. The van der Waals surface area contributed by atoms with Gasteiger partial charge in [0.2, 0.25) is 11.9 Å². The fourth-order valence-electron chi connectivity index (χ4n) is 4.04. The maximum Gasteiger partial charge on any atom is 0.237 e. The summed E-state index contributed by atoms with van der Waals surface area (Å²) in [5.74, 6) is 1.40. The summed E-state index contributed by atoms with van der Waals surface area (Å²) in [5.41, 5.74) is 3.44. The highest BCUT2D eigenvalue weighted by Gasteiger charge is 2.24. The Balaban J connectivity index is 1.56. The van der Waals surface area contributed by atoms with Crippen molar-refractivity contribution in [2.24, 2.45) is 0 Å². The zero-order valence-electron chi connectivity index (χ0n) is 17.3. The van der Waals surface area contributed by atoms with Crippen LogP contribution in [0.5, 0.6) is 0 Å². The van der Waals surface area contributed by atoms with E-state index in [0.717, 1.165) is 55.7 Å². The van der Waals surface area contributed by atoms with Crippen molar-refractivity contribution < 1.29 is 4.79 Å². The van der Waals surface area contributed by atoms with Crippen molar-refractivity contribution in [2.75, 3.05) is 30.3 Å². The molecule has 1 fully saturated rings. The zero-order valence-corrected chi connectivity index (χ0v) is 18.1. The molecular weight excluding hydrogens is 382 g/mol. The highest BCUT2D eigenvalue weighted by Crippen LogP contribution is 2.29. The van der Waals surface area contributed by atoms with Gasteiger partial charge in [-0.3, -0.25) is 9.36 Å². The highest BCUT2D eigenvalue weighted by molar-refractivity contribution is 7.99. The summed E-state index contributed by atoms with van der Waals surface area (Å²) in [6.07, 6.45) is 7.79. The van der Waals surface area contributed by atoms with Gasteiger partial charge in [0.25, 0.3) is 0 Å². The summed E-state index contributed by atoms with van der Waals surface area (Å²) in [4.78, 5) is 17.1. The number of carbonyl (C=O) groups is 1. The number of anilines is 1. The molecule has 2 aromatic rings. The fraction of sp³-hybridized carbons (Fsp3) is 0.500. The van der Waals surface area contributed by atoms with E-state index in [0.29, 0.717) is 5.75 Å². The van der Waals surface area contributed by atoms with E-state index in [1.165, 1.54) is 35.9 Å². The number of benzene rings is 1. The molecule has 2 heterocycles. The van der Waals surface area contributed by atoms with Gasteiger partial charge in [-0.2, -0.15) is 0 Å². The van der Waals surface area contributed by atoms with Crippen LogP contribution in [0.15, 0.2) is 41.2 Å². The third kappa shape index (κ3) is 4.34. The van der Waals surface area contributed by atoms with Crippen LogP contribution in [0.1, 0.15) is 44.6 Å². The van der Waals surface area contributed by atoms with Crippen LogP contribution in [0.4, 0.5) is 5.95 Å². The Hall–Kier alpha value is -2.28. The Labute approximate surface area is 177 Å². The molecule has 0 bridgehead atoms. The van der Waals surface area contributed by atoms with Crippen LogP contribution in [0.3, 0.4) is 0 Å². The molecule has 1 aliphatic carbocycles. The lowest BCUT2D eigenvalue weighted by Gasteiger charge is -2.22. The van der Waals surface area contributed by atoms with Crippen molar-refractivity contribution in [1.29, 1.82) is 0 Å². The van der Waals surface area contributed by atoms with Crippen LogP contribution in [-0.2, 0) is 4.79 Å². The van der Waals surface area contributed by atoms with Crippen LogP contribution in [0, 0.1) is 6.92 Å². The van der Waals surface area contributed by atoms with E-state index in [1.54, 1.807) is 0 Å². The number of rotatable bonds is 7. The lowest BCUT2D eigenvalue weighted by molar-refractivity contribution is -0.126. The van der Waals surface area contributed by atoms with Gasteiger partial charge in [0.15, 0.2) is 5.16 Å². The van der Waals surface area contributed by atoms with Crippen LogP contribution in [-0.4, -0.2) is 51.0 Å². The lowest BCUT2D eigenvalue weighted by Crippen LogP contribution is -2.31. The molecular formula is C22H29N5OS. The van der Waals surface area contributed by atoms with E-state index in [-0.39, 0.29) is 5.91 Å². The minimum Gasteiger partial charge on any atom is -0.341 e. The van der Waals surface area contributed by atoms with Gasteiger partial charge in [-0.15, -0.1) is 10.2 Å².